The zero-order valence-corrected chi connectivity index (χ0v) is 18.5. The van der Waals surface area contributed by atoms with Crippen LogP contribution in [0.15, 0.2) is 42.7 Å². The van der Waals surface area contributed by atoms with Gasteiger partial charge in [0, 0.05) is 45.2 Å². The number of amides is 2. The van der Waals surface area contributed by atoms with Gasteiger partial charge in [-0.05, 0) is 55.5 Å². The van der Waals surface area contributed by atoms with Crippen molar-refractivity contribution >= 4 is 23.4 Å². The number of urea groups is 1. The molecule has 8 nitrogen and oxygen atoms in total. The molecule has 0 bridgehead atoms. The van der Waals surface area contributed by atoms with Crippen molar-refractivity contribution in [1.82, 2.24) is 9.88 Å². The van der Waals surface area contributed by atoms with Crippen molar-refractivity contribution in [2.24, 2.45) is 0 Å². The molecular weight excluding hydrogens is 408 g/mol. The van der Waals surface area contributed by atoms with Gasteiger partial charge in [-0.15, -0.1) is 0 Å². The van der Waals surface area contributed by atoms with E-state index in [-0.39, 0.29) is 12.1 Å². The molecule has 2 fully saturated rings. The van der Waals surface area contributed by atoms with Crippen molar-refractivity contribution in [3.05, 3.63) is 53.9 Å². The predicted octanol–water partition coefficient (Wildman–Crippen LogP) is 3.68. The molecule has 2 aliphatic heterocycles. The highest BCUT2D eigenvalue weighted by molar-refractivity contribution is 5.97. The van der Waals surface area contributed by atoms with E-state index in [9.17, 15) is 9.59 Å². The predicted molar refractivity (Wildman–Crippen MR) is 122 cm³/mol. The third-order valence-corrected chi connectivity index (χ3v) is 5.94. The van der Waals surface area contributed by atoms with Crippen LogP contribution in [-0.4, -0.2) is 61.3 Å². The molecule has 0 unspecified atom stereocenters. The number of hydrogen-bond donors (Lipinski definition) is 1. The molecule has 1 aromatic carbocycles. The molecule has 0 radical (unpaired) electrons. The maximum atomic E-state index is 13.4. The molecule has 1 N–H and O–H groups in total. The minimum absolute atomic E-state index is 0.0249. The van der Waals surface area contributed by atoms with Crippen LogP contribution >= 0.6 is 0 Å². The normalized spacial score (nSPS) is 17.9. The number of nitrogens with zero attached hydrogens (tertiary/aromatic N) is 3. The summed E-state index contributed by atoms with van der Waals surface area (Å²) in [5.74, 6) is -0.431. The number of carbonyl (C=O) groups excluding carboxylic acids is 2. The first-order valence-electron chi connectivity index (χ1n) is 11.2. The average Bonchev–Trinajstić information content (AvgIpc) is 3.53. The summed E-state index contributed by atoms with van der Waals surface area (Å²) in [6.07, 6.45) is 7.67. The van der Waals surface area contributed by atoms with Gasteiger partial charge >= 0.3 is 12.0 Å². The summed E-state index contributed by atoms with van der Waals surface area (Å²) in [6, 6.07) is 8.92. The van der Waals surface area contributed by atoms with Crippen molar-refractivity contribution in [2.75, 3.05) is 43.6 Å². The molecule has 2 aromatic rings. The first-order chi connectivity index (χ1) is 15.6. The van der Waals surface area contributed by atoms with E-state index in [1.165, 1.54) is 7.11 Å². The Bertz CT molecular complexity index is 925. The smallest absolute Gasteiger partial charge is 0.337 e. The molecule has 2 amide bonds. The van der Waals surface area contributed by atoms with Crippen molar-refractivity contribution < 1.29 is 19.1 Å². The average molecular weight is 439 g/mol. The topological polar surface area (TPSA) is 84.0 Å². The summed E-state index contributed by atoms with van der Waals surface area (Å²) >= 11 is 0. The van der Waals surface area contributed by atoms with Crippen LogP contribution in [0.25, 0.3) is 0 Å². The van der Waals surface area contributed by atoms with Crippen molar-refractivity contribution in [2.45, 2.75) is 38.3 Å². The highest BCUT2D eigenvalue weighted by atomic mass is 16.5. The van der Waals surface area contributed by atoms with E-state index in [4.69, 9.17) is 9.47 Å². The van der Waals surface area contributed by atoms with Crippen LogP contribution in [0.5, 0.6) is 0 Å². The Morgan fingerprint density at radius 3 is 2.78 bits per heavy atom. The third-order valence-electron chi connectivity index (χ3n) is 5.94. The number of rotatable bonds is 7. The van der Waals surface area contributed by atoms with Crippen molar-refractivity contribution in [1.29, 1.82) is 0 Å². The number of pyridine rings is 1. The minimum atomic E-state index is -0.431. The molecule has 32 heavy (non-hydrogen) atoms. The zero-order valence-electron chi connectivity index (χ0n) is 18.5. The van der Waals surface area contributed by atoms with E-state index in [2.05, 4.69) is 15.2 Å². The molecule has 170 valence electrons. The Balaban J connectivity index is 1.58. The van der Waals surface area contributed by atoms with Gasteiger partial charge in [-0.3, -0.25) is 4.98 Å². The fourth-order valence-corrected chi connectivity index (χ4v) is 4.27. The molecule has 0 saturated carbocycles. The zero-order chi connectivity index (χ0) is 22.3. The lowest BCUT2D eigenvalue weighted by molar-refractivity contribution is 0.0600. The van der Waals surface area contributed by atoms with E-state index in [0.29, 0.717) is 24.3 Å². The SMILES string of the molecule is COC(=O)c1ccc(N2CCCC2)c(NC(=O)N(Cc2cccnc2)C[C@@H]2CCCO2)c1. The van der Waals surface area contributed by atoms with Crippen LogP contribution in [0.1, 0.15) is 41.6 Å². The van der Waals surface area contributed by atoms with Crippen LogP contribution < -0.4 is 10.2 Å². The first kappa shape index (κ1) is 22.1. The number of methoxy groups -OCH3 is 1. The van der Waals surface area contributed by atoms with E-state index in [1.807, 2.05) is 18.2 Å². The Hall–Kier alpha value is -3.13. The van der Waals surface area contributed by atoms with E-state index >= 15 is 0 Å². The quantitative estimate of drug-likeness (QED) is 0.664. The minimum Gasteiger partial charge on any atom is -0.465 e. The van der Waals surface area contributed by atoms with Gasteiger partial charge in [-0.1, -0.05) is 6.07 Å². The van der Waals surface area contributed by atoms with Gasteiger partial charge in [0.15, 0.2) is 0 Å². The highest BCUT2D eigenvalue weighted by Crippen LogP contribution is 2.31. The summed E-state index contributed by atoms with van der Waals surface area (Å²) in [5, 5.41) is 3.06. The molecule has 0 aliphatic carbocycles. The summed E-state index contributed by atoms with van der Waals surface area (Å²) in [5.41, 5.74) is 2.89. The number of nitrogens with one attached hydrogen (secondary N) is 1. The summed E-state index contributed by atoms with van der Waals surface area (Å²) in [7, 11) is 1.35. The summed E-state index contributed by atoms with van der Waals surface area (Å²) in [6.45, 7) is 3.50. The molecule has 4 rings (SSSR count). The van der Waals surface area contributed by atoms with E-state index < -0.39 is 5.97 Å². The summed E-state index contributed by atoms with van der Waals surface area (Å²) in [4.78, 5) is 33.7. The number of ether oxygens (including phenoxy) is 2. The number of carbonyl (C=O) groups is 2. The molecule has 2 aliphatic rings. The fraction of sp³-hybridized carbons (Fsp3) is 0.458. The lowest BCUT2D eigenvalue weighted by atomic mass is 10.1. The standard InChI is InChI=1S/C24H30N4O4/c1-31-23(29)19-8-9-22(27-11-2-3-12-27)21(14-19)26-24(30)28(17-20-7-5-13-32-20)16-18-6-4-10-25-15-18/h4,6,8-10,14-15,20H,2-3,5,7,11-13,16-17H2,1H3,(H,26,30)/t20-/m0/s1. The van der Waals surface area contributed by atoms with Crippen LogP contribution in [0.2, 0.25) is 0 Å². The van der Waals surface area contributed by atoms with Gasteiger partial charge in [-0.25, -0.2) is 9.59 Å². The highest BCUT2D eigenvalue weighted by Gasteiger charge is 2.25. The second-order valence-electron chi connectivity index (χ2n) is 8.22. The molecule has 1 atom stereocenters. The number of esters is 1. The Labute approximate surface area is 188 Å². The lowest BCUT2D eigenvalue weighted by Gasteiger charge is -2.28. The second-order valence-corrected chi connectivity index (χ2v) is 8.22. The van der Waals surface area contributed by atoms with Gasteiger partial charge in [-0.2, -0.15) is 0 Å². The van der Waals surface area contributed by atoms with Gasteiger partial charge in [0.05, 0.1) is 30.2 Å². The van der Waals surface area contributed by atoms with Crippen LogP contribution in [0.4, 0.5) is 16.2 Å². The summed E-state index contributed by atoms with van der Waals surface area (Å²) < 4.78 is 10.7. The van der Waals surface area contributed by atoms with Gasteiger partial charge in [0.1, 0.15) is 0 Å². The number of anilines is 2. The molecule has 2 saturated heterocycles. The Morgan fingerprint density at radius 1 is 1.25 bits per heavy atom. The maximum absolute atomic E-state index is 13.4. The molecular formula is C24H30N4O4. The molecule has 0 spiro atoms. The Kier molecular flexibility index (Phi) is 7.21. The largest absolute Gasteiger partial charge is 0.465 e. The second kappa shape index (κ2) is 10.5. The monoisotopic (exact) mass is 438 g/mol. The van der Waals surface area contributed by atoms with Crippen LogP contribution in [0, 0.1) is 0 Å². The molecule has 8 heteroatoms. The van der Waals surface area contributed by atoms with E-state index in [0.717, 1.165) is 56.6 Å². The Morgan fingerprint density at radius 2 is 2.09 bits per heavy atom. The van der Waals surface area contributed by atoms with Crippen molar-refractivity contribution in [3.8, 4) is 0 Å². The molecule has 1 aromatic heterocycles. The first-order valence-corrected chi connectivity index (χ1v) is 11.2. The fourth-order valence-electron chi connectivity index (χ4n) is 4.27. The number of aromatic nitrogens is 1. The lowest BCUT2D eigenvalue weighted by Crippen LogP contribution is -2.40. The maximum Gasteiger partial charge on any atom is 0.337 e. The van der Waals surface area contributed by atoms with Crippen LogP contribution in [-0.2, 0) is 16.0 Å². The molecule has 3 heterocycles. The number of benzene rings is 1. The van der Waals surface area contributed by atoms with Crippen molar-refractivity contribution in [3.63, 3.8) is 0 Å². The van der Waals surface area contributed by atoms with Gasteiger partial charge in [0.25, 0.3) is 0 Å². The number of hydrogen-bond acceptors (Lipinski definition) is 6. The van der Waals surface area contributed by atoms with Gasteiger partial charge < -0.3 is 24.6 Å². The third kappa shape index (κ3) is 5.37. The van der Waals surface area contributed by atoms with Gasteiger partial charge in [0.2, 0.25) is 0 Å². The van der Waals surface area contributed by atoms with Crippen LogP contribution in [0.3, 0.4) is 0 Å². The van der Waals surface area contributed by atoms with E-state index in [1.54, 1.807) is 29.4 Å².